The van der Waals surface area contributed by atoms with Gasteiger partial charge in [-0.2, -0.15) is 5.26 Å². The maximum Gasteiger partial charge on any atom is 0.345 e. The van der Waals surface area contributed by atoms with Crippen molar-refractivity contribution in [1.29, 1.82) is 5.26 Å². The summed E-state index contributed by atoms with van der Waals surface area (Å²) in [6.07, 6.45) is 0. The van der Waals surface area contributed by atoms with Gasteiger partial charge < -0.3 is 20.3 Å². The topological polar surface area (TPSA) is 106 Å². The van der Waals surface area contributed by atoms with E-state index in [1.54, 1.807) is 24.3 Å². The average Bonchev–Trinajstić information content (AvgIpc) is 2.45. The molecular weight excluding hydrogens is 396 g/mol. The van der Waals surface area contributed by atoms with Crippen LogP contribution in [0.25, 0.3) is 0 Å². The number of halogens is 1. The molecule has 0 saturated carbocycles. The second-order valence-electron chi connectivity index (χ2n) is 5.65. The van der Waals surface area contributed by atoms with Crippen molar-refractivity contribution in [2.75, 3.05) is 0 Å². The first-order valence-corrected chi connectivity index (χ1v) is 8.16. The molecule has 2 rings (SSSR count). The van der Waals surface area contributed by atoms with Crippen molar-refractivity contribution in [2.24, 2.45) is 11.7 Å². The Bertz CT molecular complexity index is 752. The molecule has 0 amide bonds. The van der Waals surface area contributed by atoms with Gasteiger partial charge >= 0.3 is 5.97 Å². The zero-order valence-corrected chi connectivity index (χ0v) is 15.3. The van der Waals surface area contributed by atoms with Crippen molar-refractivity contribution >= 4 is 39.1 Å². The molecule has 0 bridgehead atoms. The lowest BCUT2D eigenvalue weighted by Crippen LogP contribution is -2.40. The maximum absolute atomic E-state index is 12.4. The van der Waals surface area contributed by atoms with Gasteiger partial charge in [-0.15, -0.1) is 0 Å². The predicted molar refractivity (Wildman–Crippen MR) is 93.7 cm³/mol. The molecule has 0 fully saturated rings. The van der Waals surface area contributed by atoms with Crippen LogP contribution in [0.2, 0.25) is 0 Å². The smallest absolute Gasteiger partial charge is 0.345 e. The third kappa shape index (κ3) is 3.68. The molecule has 6 nitrogen and oxygen atoms in total. The second kappa shape index (κ2) is 6.79. The number of thiocarbonyl (C=S) groups is 1. The van der Waals surface area contributed by atoms with Crippen LogP contribution in [0.1, 0.15) is 25.3 Å². The summed E-state index contributed by atoms with van der Waals surface area (Å²) in [5, 5.41) is 19.7. The van der Waals surface area contributed by atoms with Gasteiger partial charge in [0.1, 0.15) is 11.5 Å². The molecule has 0 aromatic heterocycles. The van der Waals surface area contributed by atoms with Crippen LogP contribution in [0.5, 0.6) is 0 Å². The van der Waals surface area contributed by atoms with Gasteiger partial charge in [0, 0.05) is 24.2 Å². The summed E-state index contributed by atoms with van der Waals surface area (Å²) >= 11 is 8.28. The normalized spacial score (nSPS) is 18.8. The monoisotopic (exact) mass is 410 g/mol. The molecule has 0 radical (unpaired) electrons. The number of hydrogen-bond acceptors (Lipinski definition) is 6. The Hall–Kier alpha value is -2.11. The van der Waals surface area contributed by atoms with Crippen LogP contribution in [-0.4, -0.2) is 21.9 Å². The summed E-state index contributed by atoms with van der Waals surface area (Å²) in [5.74, 6) is -4.62. The first kappa shape index (κ1) is 18.2. The van der Waals surface area contributed by atoms with Gasteiger partial charge in [0.2, 0.25) is 0 Å². The van der Waals surface area contributed by atoms with Gasteiger partial charge in [-0.25, -0.2) is 4.79 Å². The van der Waals surface area contributed by atoms with Crippen molar-refractivity contribution in [1.82, 2.24) is 0 Å². The van der Waals surface area contributed by atoms with E-state index in [2.05, 4.69) is 15.9 Å². The van der Waals surface area contributed by atoms with Crippen molar-refractivity contribution in [3.63, 3.8) is 0 Å². The number of carbonyl (C=O) groups is 1. The predicted octanol–water partition coefficient (Wildman–Crippen LogP) is 3.04. The quantitative estimate of drug-likeness (QED) is 0.580. The second-order valence-corrected chi connectivity index (χ2v) is 7.04. The van der Waals surface area contributed by atoms with E-state index in [0.29, 0.717) is 5.56 Å². The summed E-state index contributed by atoms with van der Waals surface area (Å²) < 4.78 is 11.2. The van der Waals surface area contributed by atoms with E-state index in [-0.39, 0.29) is 10.6 Å². The van der Waals surface area contributed by atoms with Crippen LogP contribution in [0, 0.1) is 17.2 Å². The number of carbonyl (C=O) groups excluding carboxylic acids is 1. The van der Waals surface area contributed by atoms with E-state index in [9.17, 15) is 15.2 Å². The standard InChI is InChI=1S/C16H15BrN2O4S/c1-16(2)22-14(20)12(15(21)23-16)11(10(7-18)13(19)24)8-3-5-9(17)6-4-8/h3-6,10-11,20H,1-2H3,(H2,19,24). The number of ether oxygens (including phenoxy) is 2. The number of cyclic esters (lactones) is 1. The third-order valence-electron chi connectivity index (χ3n) is 3.45. The number of benzene rings is 1. The number of esters is 1. The first-order chi connectivity index (χ1) is 11.2. The number of aliphatic hydroxyl groups excluding tert-OH is 1. The summed E-state index contributed by atoms with van der Waals surface area (Å²) in [6, 6.07) is 8.87. The number of aliphatic hydroxyl groups is 1. The van der Waals surface area contributed by atoms with Gasteiger partial charge in [0.05, 0.1) is 11.1 Å². The van der Waals surface area contributed by atoms with Gasteiger partial charge in [-0.3, -0.25) is 0 Å². The molecule has 0 aliphatic carbocycles. The summed E-state index contributed by atoms with van der Waals surface area (Å²) in [5.41, 5.74) is 6.05. The average molecular weight is 411 g/mol. The van der Waals surface area contributed by atoms with E-state index in [0.717, 1.165) is 4.47 Å². The highest BCUT2D eigenvalue weighted by Crippen LogP contribution is 2.39. The zero-order chi connectivity index (χ0) is 18.1. The summed E-state index contributed by atoms with van der Waals surface area (Å²) in [7, 11) is 0. The Morgan fingerprint density at radius 3 is 2.42 bits per heavy atom. The fourth-order valence-electron chi connectivity index (χ4n) is 2.43. The van der Waals surface area contributed by atoms with Crippen LogP contribution in [0.4, 0.5) is 0 Å². The van der Waals surface area contributed by atoms with Crippen LogP contribution in [0.15, 0.2) is 40.3 Å². The van der Waals surface area contributed by atoms with E-state index < -0.39 is 29.5 Å². The Morgan fingerprint density at radius 2 is 1.96 bits per heavy atom. The highest BCUT2D eigenvalue weighted by molar-refractivity contribution is 9.10. The lowest BCUT2D eigenvalue weighted by Gasteiger charge is -2.34. The Kier molecular flexibility index (Phi) is 5.16. The van der Waals surface area contributed by atoms with Gasteiger partial charge in [0.15, 0.2) is 0 Å². The number of nitrogens with zero attached hydrogens (tertiary/aromatic N) is 1. The maximum atomic E-state index is 12.4. The van der Waals surface area contributed by atoms with Crippen molar-refractivity contribution in [2.45, 2.75) is 25.6 Å². The molecule has 24 heavy (non-hydrogen) atoms. The van der Waals surface area contributed by atoms with Crippen LogP contribution in [0.3, 0.4) is 0 Å². The van der Waals surface area contributed by atoms with Gasteiger partial charge in [-0.1, -0.05) is 40.3 Å². The molecule has 3 N–H and O–H groups in total. The van der Waals surface area contributed by atoms with Crippen LogP contribution >= 0.6 is 28.1 Å². The molecule has 0 spiro atoms. The highest BCUT2D eigenvalue weighted by Gasteiger charge is 2.43. The lowest BCUT2D eigenvalue weighted by molar-refractivity contribution is -0.222. The molecule has 1 aliphatic rings. The minimum absolute atomic E-state index is 0.0941. The largest absolute Gasteiger partial charge is 0.480 e. The Labute approximate surface area is 153 Å². The number of nitrogens with two attached hydrogens (primary N) is 1. The fraction of sp³-hybridized carbons (Fsp3) is 0.312. The summed E-state index contributed by atoms with van der Waals surface area (Å²) in [4.78, 5) is 12.3. The highest BCUT2D eigenvalue weighted by atomic mass is 79.9. The van der Waals surface area contributed by atoms with Gasteiger partial charge in [-0.05, 0) is 17.7 Å². The zero-order valence-electron chi connectivity index (χ0n) is 12.9. The molecule has 0 saturated heterocycles. The van der Waals surface area contributed by atoms with E-state index in [4.69, 9.17) is 27.4 Å². The molecule has 1 aromatic rings. The van der Waals surface area contributed by atoms with Crippen molar-refractivity contribution in [3.05, 3.63) is 45.8 Å². The van der Waals surface area contributed by atoms with Gasteiger partial charge in [0.25, 0.3) is 11.7 Å². The minimum Gasteiger partial charge on any atom is -0.480 e. The third-order valence-corrected chi connectivity index (χ3v) is 4.23. The molecule has 1 heterocycles. The van der Waals surface area contributed by atoms with Crippen molar-refractivity contribution < 1.29 is 19.4 Å². The molecule has 2 unspecified atom stereocenters. The van der Waals surface area contributed by atoms with E-state index in [1.165, 1.54) is 13.8 Å². The molecular formula is C16H15BrN2O4S. The van der Waals surface area contributed by atoms with E-state index in [1.807, 2.05) is 6.07 Å². The SMILES string of the molecule is CC1(C)OC(=O)C(C(c2ccc(Br)cc2)C(C#N)C(N)=S)=C(O)O1. The molecule has 8 heteroatoms. The number of rotatable bonds is 4. The fourth-order valence-corrected chi connectivity index (χ4v) is 2.89. The summed E-state index contributed by atoms with van der Waals surface area (Å²) in [6.45, 7) is 2.98. The minimum atomic E-state index is -1.31. The molecule has 2 atom stereocenters. The Balaban J connectivity index is 2.62. The lowest BCUT2D eigenvalue weighted by atomic mass is 9.80. The number of hydrogen-bond donors (Lipinski definition) is 2. The first-order valence-electron chi connectivity index (χ1n) is 6.96. The molecule has 1 aliphatic heterocycles. The Morgan fingerprint density at radius 1 is 1.38 bits per heavy atom. The van der Waals surface area contributed by atoms with Crippen LogP contribution in [-0.2, 0) is 14.3 Å². The molecule has 126 valence electrons. The van der Waals surface area contributed by atoms with Crippen molar-refractivity contribution in [3.8, 4) is 6.07 Å². The van der Waals surface area contributed by atoms with E-state index >= 15 is 0 Å². The molecule has 1 aromatic carbocycles. The number of nitriles is 1. The van der Waals surface area contributed by atoms with Crippen LogP contribution < -0.4 is 5.73 Å².